The molecule has 0 radical (unpaired) electrons. The summed E-state index contributed by atoms with van der Waals surface area (Å²) in [6, 6.07) is 4.50. The fourth-order valence-electron chi connectivity index (χ4n) is 2.52. The highest BCUT2D eigenvalue weighted by Gasteiger charge is 2.45. The number of benzene rings is 2. The van der Waals surface area contributed by atoms with Gasteiger partial charge in [0.25, 0.3) is 11.8 Å². The predicted molar refractivity (Wildman–Crippen MR) is 93.9 cm³/mol. The van der Waals surface area contributed by atoms with Crippen molar-refractivity contribution in [3.63, 3.8) is 0 Å². The van der Waals surface area contributed by atoms with E-state index in [-0.39, 0.29) is 18.8 Å². The van der Waals surface area contributed by atoms with Gasteiger partial charge in [0.1, 0.15) is 5.82 Å². The molecule has 0 unspecified atom stereocenters. The maximum absolute atomic E-state index is 14.6. The third kappa shape index (κ3) is 4.89. The number of hydrogen-bond donors (Lipinski definition) is 2. The van der Waals surface area contributed by atoms with Gasteiger partial charge in [-0.3, -0.25) is 9.59 Å². The maximum Gasteiger partial charge on any atom is 0.352 e. The van der Waals surface area contributed by atoms with Gasteiger partial charge in [-0.2, -0.15) is 8.78 Å². The lowest BCUT2D eigenvalue weighted by molar-refractivity contribution is -0.159. The normalized spacial score (nSPS) is 11.3. The van der Waals surface area contributed by atoms with Crippen LogP contribution >= 0.6 is 0 Å². The fourth-order valence-corrected chi connectivity index (χ4v) is 2.52. The van der Waals surface area contributed by atoms with E-state index in [1.165, 1.54) is 6.92 Å². The van der Waals surface area contributed by atoms with Crippen LogP contribution in [0, 0.1) is 17.5 Å². The van der Waals surface area contributed by atoms with E-state index in [9.17, 15) is 31.5 Å². The lowest BCUT2D eigenvalue weighted by Crippen LogP contribution is -2.43. The summed E-state index contributed by atoms with van der Waals surface area (Å²) in [5.74, 6) is -10.8. The Morgan fingerprint density at radius 3 is 2.28 bits per heavy atom. The molecule has 0 saturated heterocycles. The Morgan fingerprint density at radius 2 is 1.69 bits per heavy atom. The number of anilines is 1. The van der Waals surface area contributed by atoms with Gasteiger partial charge in [0.15, 0.2) is 11.6 Å². The van der Waals surface area contributed by atoms with Gasteiger partial charge in [0, 0.05) is 30.4 Å². The van der Waals surface area contributed by atoms with E-state index in [1.54, 1.807) is 0 Å². The van der Waals surface area contributed by atoms with Crippen LogP contribution in [-0.2, 0) is 10.7 Å². The van der Waals surface area contributed by atoms with Gasteiger partial charge in [-0.05, 0) is 37.3 Å². The SMILES string of the molecule is CCN(CCO)C(=O)C(F)(F)c1cc(C(=O)Nc2ccc(F)c(F)c2)ccc1F. The number of amides is 2. The first-order valence-electron chi connectivity index (χ1n) is 8.46. The molecule has 2 rings (SSSR count). The summed E-state index contributed by atoms with van der Waals surface area (Å²) in [7, 11) is 0. The second kappa shape index (κ2) is 8.99. The zero-order valence-corrected chi connectivity index (χ0v) is 15.2. The van der Waals surface area contributed by atoms with Gasteiger partial charge in [0.2, 0.25) is 0 Å². The largest absolute Gasteiger partial charge is 0.395 e. The van der Waals surface area contributed by atoms with E-state index >= 15 is 0 Å². The van der Waals surface area contributed by atoms with Crippen molar-refractivity contribution in [3.8, 4) is 0 Å². The second-order valence-corrected chi connectivity index (χ2v) is 5.96. The number of nitrogens with zero attached hydrogens (tertiary/aromatic N) is 1. The minimum atomic E-state index is -4.30. The van der Waals surface area contributed by atoms with Crippen molar-refractivity contribution in [1.29, 1.82) is 0 Å². The van der Waals surface area contributed by atoms with Crippen molar-refractivity contribution < 1.29 is 36.6 Å². The summed E-state index contributed by atoms with van der Waals surface area (Å²) in [5.41, 5.74) is -1.90. The van der Waals surface area contributed by atoms with Crippen molar-refractivity contribution in [2.75, 3.05) is 25.0 Å². The molecule has 2 aromatic carbocycles. The fraction of sp³-hybridized carbons (Fsp3) is 0.263. The van der Waals surface area contributed by atoms with Crippen LogP contribution in [0.4, 0.5) is 27.6 Å². The third-order valence-electron chi connectivity index (χ3n) is 4.05. The monoisotopic (exact) mass is 416 g/mol. The summed E-state index contributed by atoms with van der Waals surface area (Å²) >= 11 is 0. The Kier molecular flexibility index (Phi) is 6.91. The topological polar surface area (TPSA) is 69.6 Å². The molecule has 0 aliphatic carbocycles. The van der Waals surface area contributed by atoms with Gasteiger partial charge in [-0.25, -0.2) is 13.2 Å². The molecule has 5 nitrogen and oxygen atoms in total. The minimum absolute atomic E-state index is 0.146. The number of halogens is 5. The van der Waals surface area contributed by atoms with Gasteiger partial charge >= 0.3 is 5.92 Å². The predicted octanol–water partition coefficient (Wildman–Crippen LogP) is 3.29. The van der Waals surface area contributed by atoms with Gasteiger partial charge < -0.3 is 15.3 Å². The standard InChI is InChI=1S/C19H17F5N2O3/c1-2-26(7-8-27)18(29)19(23,24)13-9-11(3-5-14(13)20)17(28)25-12-4-6-15(21)16(22)10-12/h3-6,9-10,27H,2,7-8H2,1H3,(H,25,28). The molecule has 29 heavy (non-hydrogen) atoms. The molecular weight excluding hydrogens is 399 g/mol. The van der Waals surface area contributed by atoms with Gasteiger partial charge in [0.05, 0.1) is 12.2 Å². The zero-order chi connectivity index (χ0) is 21.8. The summed E-state index contributed by atoms with van der Waals surface area (Å²) in [6.45, 7) is 0.330. The Morgan fingerprint density at radius 1 is 1.03 bits per heavy atom. The number of carbonyl (C=O) groups is 2. The third-order valence-corrected chi connectivity index (χ3v) is 4.05. The van der Waals surface area contributed by atoms with E-state index in [1.807, 2.05) is 0 Å². The molecule has 0 aromatic heterocycles. The molecule has 0 fully saturated rings. The van der Waals surface area contributed by atoms with Crippen LogP contribution in [-0.4, -0.2) is 41.5 Å². The molecular formula is C19H17F5N2O3. The molecule has 0 saturated carbocycles. The molecule has 0 aliphatic rings. The Bertz CT molecular complexity index is 921. The number of likely N-dealkylation sites (N-methyl/N-ethyl adjacent to an activating group) is 1. The van der Waals surface area contributed by atoms with Crippen LogP contribution in [0.5, 0.6) is 0 Å². The van der Waals surface area contributed by atoms with Crippen LogP contribution in [0.3, 0.4) is 0 Å². The lowest BCUT2D eigenvalue weighted by atomic mass is 10.0. The van der Waals surface area contributed by atoms with E-state index < -0.39 is 52.9 Å². The Balaban J connectivity index is 2.33. The smallest absolute Gasteiger partial charge is 0.352 e. The quantitative estimate of drug-likeness (QED) is 0.681. The maximum atomic E-state index is 14.6. The molecule has 0 spiro atoms. The van der Waals surface area contributed by atoms with Crippen molar-refractivity contribution in [1.82, 2.24) is 4.90 Å². The van der Waals surface area contributed by atoms with E-state index in [0.29, 0.717) is 23.1 Å². The highest BCUT2D eigenvalue weighted by Crippen LogP contribution is 2.33. The average molecular weight is 416 g/mol. The molecule has 0 aliphatic heterocycles. The number of rotatable bonds is 7. The first kappa shape index (κ1) is 22.3. The molecule has 2 amide bonds. The Hall–Kier alpha value is -3.01. The summed E-state index contributed by atoms with van der Waals surface area (Å²) in [6.07, 6.45) is 0. The van der Waals surface area contributed by atoms with Gasteiger partial charge in [-0.1, -0.05) is 0 Å². The first-order chi connectivity index (χ1) is 13.6. The summed E-state index contributed by atoms with van der Waals surface area (Å²) < 4.78 is 69.4. The zero-order valence-electron chi connectivity index (χ0n) is 15.2. The molecule has 0 atom stereocenters. The first-order valence-corrected chi connectivity index (χ1v) is 8.46. The number of carbonyl (C=O) groups excluding carboxylic acids is 2. The number of hydrogen-bond acceptors (Lipinski definition) is 3. The van der Waals surface area contributed by atoms with Crippen molar-refractivity contribution in [3.05, 3.63) is 65.0 Å². The van der Waals surface area contributed by atoms with Crippen LogP contribution in [0.1, 0.15) is 22.8 Å². The number of alkyl halides is 2. The number of aliphatic hydroxyl groups excluding tert-OH is 1. The number of nitrogens with one attached hydrogen (secondary N) is 1. The minimum Gasteiger partial charge on any atom is -0.395 e. The van der Waals surface area contributed by atoms with Crippen LogP contribution in [0.25, 0.3) is 0 Å². The Labute approximate surface area is 162 Å². The van der Waals surface area contributed by atoms with E-state index in [0.717, 1.165) is 18.2 Å². The molecule has 2 N–H and O–H groups in total. The highest BCUT2D eigenvalue weighted by molar-refractivity contribution is 6.04. The second-order valence-electron chi connectivity index (χ2n) is 5.96. The lowest BCUT2D eigenvalue weighted by Gasteiger charge is -2.26. The van der Waals surface area contributed by atoms with Crippen molar-refractivity contribution >= 4 is 17.5 Å². The summed E-state index contributed by atoms with van der Waals surface area (Å²) in [5, 5.41) is 11.1. The number of aliphatic hydroxyl groups is 1. The molecule has 0 heterocycles. The molecule has 10 heteroatoms. The molecule has 0 bridgehead atoms. The summed E-state index contributed by atoms with van der Waals surface area (Å²) in [4.78, 5) is 25.0. The van der Waals surface area contributed by atoms with Crippen molar-refractivity contribution in [2.45, 2.75) is 12.8 Å². The van der Waals surface area contributed by atoms with Gasteiger partial charge in [-0.15, -0.1) is 0 Å². The highest BCUT2D eigenvalue weighted by atomic mass is 19.3. The average Bonchev–Trinajstić information content (AvgIpc) is 2.68. The molecule has 156 valence electrons. The van der Waals surface area contributed by atoms with Crippen LogP contribution in [0.2, 0.25) is 0 Å². The molecule has 2 aromatic rings. The van der Waals surface area contributed by atoms with Crippen LogP contribution < -0.4 is 5.32 Å². The van der Waals surface area contributed by atoms with Crippen LogP contribution in [0.15, 0.2) is 36.4 Å². The van der Waals surface area contributed by atoms with Crippen molar-refractivity contribution in [2.24, 2.45) is 0 Å². The van der Waals surface area contributed by atoms with E-state index in [2.05, 4.69) is 5.32 Å². The van der Waals surface area contributed by atoms with E-state index in [4.69, 9.17) is 5.11 Å².